The van der Waals surface area contributed by atoms with E-state index in [1.54, 1.807) is 12.1 Å². The molecule has 23 heavy (non-hydrogen) atoms. The van der Waals surface area contributed by atoms with Crippen LogP contribution in [0.15, 0.2) is 24.3 Å². The van der Waals surface area contributed by atoms with Gasteiger partial charge in [0.1, 0.15) is 5.82 Å². The van der Waals surface area contributed by atoms with Crippen molar-refractivity contribution in [2.24, 2.45) is 0 Å². The molecule has 1 aromatic carbocycles. The van der Waals surface area contributed by atoms with Crippen LogP contribution in [0.4, 0.5) is 9.18 Å². The number of hydrogen-bond donors (Lipinski definition) is 1. The molecule has 0 aliphatic carbocycles. The van der Waals surface area contributed by atoms with E-state index in [0.717, 1.165) is 38.0 Å². The number of likely N-dealkylation sites (tertiary alicyclic amines) is 1. The number of carbonyl (C=O) groups is 1. The van der Waals surface area contributed by atoms with E-state index in [4.69, 9.17) is 0 Å². The number of rotatable bonds is 6. The second kappa shape index (κ2) is 8.29. The third-order valence-electron chi connectivity index (χ3n) is 4.75. The van der Waals surface area contributed by atoms with E-state index in [1.807, 2.05) is 4.90 Å². The van der Waals surface area contributed by atoms with E-state index in [-0.39, 0.29) is 17.9 Å². The van der Waals surface area contributed by atoms with Gasteiger partial charge in [-0.15, -0.1) is 0 Å². The minimum Gasteiger partial charge on any atom is -0.336 e. The van der Waals surface area contributed by atoms with Gasteiger partial charge in [0.2, 0.25) is 0 Å². The zero-order chi connectivity index (χ0) is 16.8. The molecule has 2 amide bonds. The molecule has 2 rings (SSSR count). The van der Waals surface area contributed by atoms with Crippen molar-refractivity contribution in [3.05, 3.63) is 35.6 Å². The first-order valence-corrected chi connectivity index (χ1v) is 8.60. The summed E-state index contributed by atoms with van der Waals surface area (Å²) in [6.45, 7) is 9.76. The Morgan fingerprint density at radius 1 is 1.35 bits per heavy atom. The minimum atomic E-state index is -0.240. The van der Waals surface area contributed by atoms with Crippen LogP contribution in [0.5, 0.6) is 0 Å². The molecule has 1 fully saturated rings. The highest BCUT2D eigenvalue weighted by molar-refractivity contribution is 5.75. The highest BCUT2D eigenvalue weighted by atomic mass is 19.1. The quantitative estimate of drug-likeness (QED) is 0.871. The van der Waals surface area contributed by atoms with Crippen molar-refractivity contribution in [2.45, 2.75) is 45.7 Å². The van der Waals surface area contributed by atoms with Crippen LogP contribution in [0.3, 0.4) is 0 Å². The molecule has 128 valence electrons. The van der Waals surface area contributed by atoms with Gasteiger partial charge in [-0.1, -0.05) is 26.0 Å². The van der Waals surface area contributed by atoms with Crippen LogP contribution in [0.25, 0.3) is 0 Å². The number of likely N-dealkylation sites (N-methyl/N-ethyl adjacent to an activating group) is 1. The van der Waals surface area contributed by atoms with Crippen LogP contribution >= 0.6 is 0 Å². The summed E-state index contributed by atoms with van der Waals surface area (Å²) in [7, 11) is 0. The fraction of sp³-hybridized carbons (Fsp3) is 0.611. The molecule has 1 aromatic rings. The Kier molecular flexibility index (Phi) is 6.39. The maximum absolute atomic E-state index is 13.1. The number of urea groups is 1. The first kappa shape index (κ1) is 17.7. The largest absolute Gasteiger partial charge is 0.336 e. The highest BCUT2D eigenvalue weighted by Crippen LogP contribution is 2.31. The van der Waals surface area contributed by atoms with Crippen LogP contribution in [0.1, 0.15) is 45.2 Å². The molecule has 4 nitrogen and oxygen atoms in total. The standard InChI is InChI=1S/C18H28FN3O/c1-4-21(5-2)14(3)13-20-18(23)22-12-6-7-17(22)15-8-10-16(19)11-9-15/h8-11,14,17H,4-7,12-13H2,1-3H3,(H,20,23)/t14-,17+/m0/s1. The number of benzene rings is 1. The van der Waals surface area contributed by atoms with Crippen molar-refractivity contribution >= 4 is 6.03 Å². The van der Waals surface area contributed by atoms with Gasteiger partial charge in [0.15, 0.2) is 0 Å². The van der Waals surface area contributed by atoms with Gasteiger partial charge in [0.05, 0.1) is 6.04 Å². The van der Waals surface area contributed by atoms with E-state index in [0.29, 0.717) is 12.6 Å². The smallest absolute Gasteiger partial charge is 0.317 e. The summed E-state index contributed by atoms with van der Waals surface area (Å²) in [5.74, 6) is -0.240. The Morgan fingerprint density at radius 3 is 2.61 bits per heavy atom. The number of amides is 2. The monoisotopic (exact) mass is 321 g/mol. The lowest BCUT2D eigenvalue weighted by Crippen LogP contribution is -2.46. The molecular weight excluding hydrogens is 293 g/mol. The maximum atomic E-state index is 13.1. The summed E-state index contributed by atoms with van der Waals surface area (Å²) in [4.78, 5) is 16.7. The summed E-state index contributed by atoms with van der Waals surface area (Å²) in [5, 5.41) is 3.06. The molecule has 1 aliphatic heterocycles. The molecule has 2 atom stereocenters. The highest BCUT2D eigenvalue weighted by Gasteiger charge is 2.30. The zero-order valence-electron chi connectivity index (χ0n) is 14.4. The molecule has 1 aliphatic rings. The molecule has 0 bridgehead atoms. The van der Waals surface area contributed by atoms with E-state index < -0.39 is 0 Å². The van der Waals surface area contributed by atoms with Gasteiger partial charge in [-0.2, -0.15) is 0 Å². The first-order valence-electron chi connectivity index (χ1n) is 8.60. The maximum Gasteiger partial charge on any atom is 0.317 e. The molecule has 1 saturated heterocycles. The molecule has 1 heterocycles. The molecule has 0 saturated carbocycles. The predicted octanol–water partition coefficient (Wildman–Crippen LogP) is 3.40. The van der Waals surface area contributed by atoms with Gasteiger partial charge < -0.3 is 10.2 Å². The SMILES string of the molecule is CCN(CC)[C@@H](C)CNC(=O)N1CCC[C@@H]1c1ccc(F)cc1. The third-order valence-corrected chi connectivity index (χ3v) is 4.75. The van der Waals surface area contributed by atoms with Gasteiger partial charge in [-0.3, -0.25) is 4.90 Å². The van der Waals surface area contributed by atoms with Gasteiger partial charge in [0, 0.05) is 19.1 Å². The van der Waals surface area contributed by atoms with Gasteiger partial charge >= 0.3 is 6.03 Å². The summed E-state index contributed by atoms with van der Waals surface area (Å²) in [6, 6.07) is 6.85. The summed E-state index contributed by atoms with van der Waals surface area (Å²) in [6.07, 6.45) is 1.92. The fourth-order valence-corrected chi connectivity index (χ4v) is 3.35. The molecule has 0 aromatic heterocycles. The Morgan fingerprint density at radius 2 is 2.00 bits per heavy atom. The number of hydrogen-bond acceptors (Lipinski definition) is 2. The number of nitrogens with one attached hydrogen (secondary N) is 1. The Hall–Kier alpha value is -1.62. The van der Waals surface area contributed by atoms with Crippen molar-refractivity contribution in [3.8, 4) is 0 Å². The minimum absolute atomic E-state index is 0.0177. The van der Waals surface area contributed by atoms with E-state index >= 15 is 0 Å². The van der Waals surface area contributed by atoms with E-state index in [2.05, 4.69) is 31.0 Å². The molecular formula is C18H28FN3O. The topological polar surface area (TPSA) is 35.6 Å². The summed E-state index contributed by atoms with van der Waals surface area (Å²) < 4.78 is 13.1. The molecule has 5 heteroatoms. The van der Waals surface area contributed by atoms with Crippen LogP contribution in [0.2, 0.25) is 0 Å². The van der Waals surface area contributed by atoms with Crippen LogP contribution in [0, 0.1) is 5.82 Å². The second-order valence-corrected chi connectivity index (χ2v) is 6.16. The van der Waals surface area contributed by atoms with Crippen molar-refractivity contribution < 1.29 is 9.18 Å². The molecule has 0 radical (unpaired) electrons. The lowest BCUT2D eigenvalue weighted by molar-refractivity contribution is 0.182. The molecule has 0 spiro atoms. The molecule has 1 N–H and O–H groups in total. The van der Waals surface area contributed by atoms with Gasteiger partial charge in [-0.05, 0) is 50.6 Å². The first-order chi connectivity index (χ1) is 11.1. The Balaban J connectivity index is 1.94. The number of nitrogens with zero attached hydrogens (tertiary/aromatic N) is 2. The van der Waals surface area contributed by atoms with Crippen molar-refractivity contribution in [3.63, 3.8) is 0 Å². The Labute approximate surface area is 138 Å². The zero-order valence-corrected chi connectivity index (χ0v) is 14.4. The lowest BCUT2D eigenvalue weighted by Gasteiger charge is -2.29. The summed E-state index contributed by atoms with van der Waals surface area (Å²) >= 11 is 0. The number of halogens is 1. The number of carbonyl (C=O) groups excluding carboxylic acids is 1. The molecule has 0 unspecified atom stereocenters. The Bertz CT molecular complexity index is 501. The van der Waals surface area contributed by atoms with Crippen molar-refractivity contribution in [1.29, 1.82) is 0 Å². The van der Waals surface area contributed by atoms with E-state index in [9.17, 15) is 9.18 Å². The second-order valence-electron chi connectivity index (χ2n) is 6.16. The van der Waals surface area contributed by atoms with Gasteiger partial charge in [0.25, 0.3) is 0 Å². The third kappa shape index (κ3) is 4.44. The fourth-order valence-electron chi connectivity index (χ4n) is 3.35. The van der Waals surface area contributed by atoms with Crippen LogP contribution in [-0.2, 0) is 0 Å². The average Bonchev–Trinajstić information content (AvgIpc) is 3.04. The normalized spacial score (nSPS) is 19.2. The van der Waals surface area contributed by atoms with Crippen LogP contribution < -0.4 is 5.32 Å². The lowest BCUT2D eigenvalue weighted by atomic mass is 10.0. The van der Waals surface area contributed by atoms with Crippen LogP contribution in [-0.4, -0.2) is 48.1 Å². The van der Waals surface area contributed by atoms with Crippen molar-refractivity contribution in [1.82, 2.24) is 15.1 Å². The van der Waals surface area contributed by atoms with Crippen molar-refractivity contribution in [2.75, 3.05) is 26.2 Å². The van der Waals surface area contributed by atoms with Gasteiger partial charge in [-0.25, -0.2) is 9.18 Å². The predicted molar refractivity (Wildman–Crippen MR) is 90.9 cm³/mol. The summed E-state index contributed by atoms with van der Waals surface area (Å²) in [5.41, 5.74) is 1.01. The average molecular weight is 321 g/mol. The van der Waals surface area contributed by atoms with E-state index in [1.165, 1.54) is 12.1 Å².